The molecule has 0 aliphatic heterocycles. The van der Waals surface area contributed by atoms with Gasteiger partial charge in [0, 0.05) is 16.6 Å². The zero-order valence-electron chi connectivity index (χ0n) is 10.3. The minimum Gasteiger partial charge on any atom is -0.385 e. The van der Waals surface area contributed by atoms with Crippen molar-refractivity contribution >= 4 is 27.7 Å². The van der Waals surface area contributed by atoms with E-state index < -0.39 is 30.9 Å². The molecule has 1 aromatic carbocycles. The fourth-order valence-corrected chi connectivity index (χ4v) is 1.50. The summed E-state index contributed by atoms with van der Waals surface area (Å²) in [4.78, 5) is 22.9. The molecule has 0 saturated carbocycles. The maximum absolute atomic E-state index is 12.0. The summed E-state index contributed by atoms with van der Waals surface area (Å²) in [7, 11) is 0. The van der Waals surface area contributed by atoms with Gasteiger partial charge in [0.2, 0.25) is 5.91 Å². The van der Waals surface area contributed by atoms with Crippen molar-refractivity contribution < 1.29 is 23.5 Å². The van der Waals surface area contributed by atoms with Crippen molar-refractivity contribution in [3.8, 4) is 0 Å². The van der Waals surface area contributed by atoms with E-state index in [4.69, 9.17) is 5.11 Å². The summed E-state index contributed by atoms with van der Waals surface area (Å²) >= 11 is 3.22. The van der Waals surface area contributed by atoms with Crippen LogP contribution in [0.4, 0.5) is 8.78 Å². The summed E-state index contributed by atoms with van der Waals surface area (Å²) in [6, 6.07) is 6.48. The van der Waals surface area contributed by atoms with Crippen LogP contribution in [0.1, 0.15) is 10.4 Å². The summed E-state index contributed by atoms with van der Waals surface area (Å²) in [6.45, 7) is -0.921. The number of carbonyl (C=O) groups excluding carboxylic acids is 2. The average Bonchev–Trinajstić information content (AvgIpc) is 2.42. The molecule has 0 radical (unpaired) electrons. The van der Waals surface area contributed by atoms with Gasteiger partial charge in [-0.1, -0.05) is 15.9 Å². The number of hydrogen-bond acceptors (Lipinski definition) is 3. The van der Waals surface area contributed by atoms with Crippen LogP contribution in [0.15, 0.2) is 28.7 Å². The second-order valence-electron chi connectivity index (χ2n) is 3.90. The molecule has 0 aromatic heterocycles. The van der Waals surface area contributed by atoms with Crippen molar-refractivity contribution in [2.45, 2.75) is 12.5 Å². The summed E-state index contributed by atoms with van der Waals surface area (Å²) in [5.41, 5.74) is 0.369. The van der Waals surface area contributed by atoms with Gasteiger partial charge in [-0.15, -0.1) is 0 Å². The Morgan fingerprint density at radius 2 is 1.80 bits per heavy atom. The molecule has 20 heavy (non-hydrogen) atoms. The second-order valence-corrected chi connectivity index (χ2v) is 4.81. The van der Waals surface area contributed by atoms with Crippen molar-refractivity contribution in [1.29, 1.82) is 0 Å². The molecule has 1 atom stereocenters. The number of benzene rings is 1. The van der Waals surface area contributed by atoms with E-state index in [1.165, 1.54) is 0 Å². The van der Waals surface area contributed by atoms with E-state index in [1.54, 1.807) is 24.3 Å². The Morgan fingerprint density at radius 1 is 1.20 bits per heavy atom. The molecule has 1 unspecified atom stereocenters. The van der Waals surface area contributed by atoms with E-state index in [1.807, 2.05) is 0 Å². The normalized spacial score (nSPS) is 12.1. The number of nitrogens with one attached hydrogen (secondary N) is 2. The first kappa shape index (κ1) is 16.5. The lowest BCUT2D eigenvalue weighted by Crippen LogP contribution is -2.41. The van der Waals surface area contributed by atoms with E-state index in [-0.39, 0.29) is 6.54 Å². The Bertz CT molecular complexity index is 468. The molecule has 8 heteroatoms. The van der Waals surface area contributed by atoms with Gasteiger partial charge in [-0.25, -0.2) is 8.78 Å². The molecule has 2 amide bonds. The number of rotatable bonds is 6. The van der Waals surface area contributed by atoms with Crippen LogP contribution >= 0.6 is 15.9 Å². The van der Waals surface area contributed by atoms with Gasteiger partial charge in [-0.05, 0) is 24.3 Å². The van der Waals surface area contributed by atoms with Gasteiger partial charge >= 0.3 is 0 Å². The van der Waals surface area contributed by atoms with Crippen molar-refractivity contribution in [3.63, 3.8) is 0 Å². The molecular formula is C12H13BrF2N2O3. The average molecular weight is 351 g/mol. The van der Waals surface area contributed by atoms with Gasteiger partial charge in [0.05, 0.1) is 6.54 Å². The summed E-state index contributed by atoms with van der Waals surface area (Å²) < 4.78 is 24.8. The van der Waals surface area contributed by atoms with Gasteiger partial charge in [-0.2, -0.15) is 0 Å². The van der Waals surface area contributed by atoms with E-state index in [0.717, 1.165) is 4.47 Å². The minimum atomic E-state index is -2.92. The summed E-state index contributed by atoms with van der Waals surface area (Å²) in [5.74, 6) is -1.11. The molecule has 3 N–H and O–H groups in total. The number of carbonyl (C=O) groups is 2. The molecule has 0 aliphatic rings. The molecule has 1 aromatic rings. The minimum absolute atomic E-state index is 0.356. The van der Waals surface area contributed by atoms with Gasteiger partial charge in [0.1, 0.15) is 6.10 Å². The Hall–Kier alpha value is -1.54. The maximum atomic E-state index is 12.0. The third kappa shape index (κ3) is 5.62. The van der Waals surface area contributed by atoms with Crippen LogP contribution in [0.5, 0.6) is 0 Å². The lowest BCUT2D eigenvalue weighted by atomic mass is 10.2. The first-order chi connectivity index (χ1) is 9.40. The number of aliphatic hydroxyl groups excluding tert-OH is 1. The molecule has 0 heterocycles. The summed E-state index contributed by atoms with van der Waals surface area (Å²) in [6.07, 6.45) is -4.84. The van der Waals surface area contributed by atoms with Gasteiger partial charge in [-0.3, -0.25) is 9.59 Å². The number of amides is 2. The van der Waals surface area contributed by atoms with Crippen LogP contribution in [-0.2, 0) is 4.79 Å². The zero-order valence-corrected chi connectivity index (χ0v) is 11.9. The number of hydrogen-bond donors (Lipinski definition) is 3. The quantitative estimate of drug-likeness (QED) is 0.713. The van der Waals surface area contributed by atoms with Crippen molar-refractivity contribution in [2.75, 3.05) is 13.1 Å². The Morgan fingerprint density at radius 3 is 2.35 bits per heavy atom. The lowest BCUT2D eigenvalue weighted by molar-refractivity contribution is -0.121. The molecule has 0 fully saturated rings. The Balaban J connectivity index is 2.34. The Kier molecular flexibility index (Phi) is 6.53. The highest BCUT2D eigenvalue weighted by atomic mass is 79.9. The van der Waals surface area contributed by atoms with Gasteiger partial charge in [0.15, 0.2) is 0 Å². The number of halogens is 3. The fourth-order valence-electron chi connectivity index (χ4n) is 1.23. The highest BCUT2D eigenvalue weighted by Gasteiger charge is 2.17. The number of alkyl halides is 2. The van der Waals surface area contributed by atoms with E-state index in [2.05, 4.69) is 26.6 Å². The van der Waals surface area contributed by atoms with Crippen LogP contribution < -0.4 is 10.6 Å². The molecule has 0 spiro atoms. The largest absolute Gasteiger partial charge is 0.385 e. The molecule has 0 saturated heterocycles. The second kappa shape index (κ2) is 7.91. The van der Waals surface area contributed by atoms with Crippen LogP contribution in [0.25, 0.3) is 0 Å². The number of aliphatic hydroxyl groups is 1. The van der Waals surface area contributed by atoms with Gasteiger partial charge in [0.25, 0.3) is 12.3 Å². The van der Waals surface area contributed by atoms with E-state index in [0.29, 0.717) is 5.56 Å². The van der Waals surface area contributed by atoms with Crippen molar-refractivity contribution in [1.82, 2.24) is 10.6 Å². The highest BCUT2D eigenvalue weighted by Crippen LogP contribution is 2.10. The molecule has 0 aliphatic carbocycles. The molecule has 0 bridgehead atoms. The van der Waals surface area contributed by atoms with Crippen LogP contribution in [-0.4, -0.2) is 42.5 Å². The van der Waals surface area contributed by atoms with Crippen molar-refractivity contribution in [3.05, 3.63) is 34.3 Å². The smallest absolute Gasteiger partial charge is 0.265 e. The van der Waals surface area contributed by atoms with E-state index >= 15 is 0 Å². The predicted octanol–water partition coefficient (Wildman–Crippen LogP) is 0.921. The predicted molar refractivity (Wildman–Crippen MR) is 71.5 cm³/mol. The Labute approximate surface area is 122 Å². The molecular weight excluding hydrogens is 338 g/mol. The third-order valence-electron chi connectivity index (χ3n) is 2.32. The first-order valence-corrected chi connectivity index (χ1v) is 6.46. The monoisotopic (exact) mass is 350 g/mol. The van der Waals surface area contributed by atoms with Crippen LogP contribution in [0.3, 0.4) is 0 Å². The standard InChI is InChI=1S/C12H13BrF2N2O3/c13-8-3-1-7(2-4-8)12(20)17-6-10(19)16-5-9(18)11(14)15/h1-4,9,11,18H,5-6H2,(H,16,19)(H,17,20). The first-order valence-electron chi connectivity index (χ1n) is 5.67. The van der Waals surface area contributed by atoms with Crippen LogP contribution in [0, 0.1) is 0 Å². The van der Waals surface area contributed by atoms with Crippen molar-refractivity contribution in [2.24, 2.45) is 0 Å². The molecule has 1 rings (SSSR count). The lowest BCUT2D eigenvalue weighted by Gasteiger charge is -2.11. The zero-order chi connectivity index (χ0) is 15.1. The van der Waals surface area contributed by atoms with Crippen LogP contribution in [0.2, 0.25) is 0 Å². The highest BCUT2D eigenvalue weighted by molar-refractivity contribution is 9.10. The molecule has 110 valence electrons. The van der Waals surface area contributed by atoms with Gasteiger partial charge < -0.3 is 15.7 Å². The third-order valence-corrected chi connectivity index (χ3v) is 2.84. The maximum Gasteiger partial charge on any atom is 0.265 e. The van der Waals surface area contributed by atoms with E-state index in [9.17, 15) is 18.4 Å². The SMILES string of the molecule is O=C(CNC(=O)c1ccc(Br)cc1)NCC(O)C(F)F. The molecule has 5 nitrogen and oxygen atoms in total. The topological polar surface area (TPSA) is 78.4 Å². The fraction of sp³-hybridized carbons (Fsp3) is 0.333. The summed E-state index contributed by atoms with van der Waals surface area (Å²) in [5, 5.41) is 13.2.